The van der Waals surface area contributed by atoms with Crippen LogP contribution in [0, 0.1) is 5.41 Å². The summed E-state index contributed by atoms with van der Waals surface area (Å²) >= 11 is 0. The van der Waals surface area contributed by atoms with E-state index in [2.05, 4.69) is 27.7 Å². The van der Waals surface area contributed by atoms with Gasteiger partial charge in [-0.3, -0.25) is 4.79 Å². The Hall–Kier alpha value is -1.31. The molecule has 0 bridgehead atoms. The van der Waals surface area contributed by atoms with Crippen molar-refractivity contribution in [1.29, 1.82) is 0 Å². The van der Waals surface area contributed by atoms with Crippen LogP contribution in [0.5, 0.6) is 5.75 Å². The van der Waals surface area contributed by atoms with Crippen LogP contribution >= 0.6 is 0 Å². The number of ketones is 1. The van der Waals surface area contributed by atoms with Crippen LogP contribution in [0.2, 0.25) is 0 Å². The number of benzene rings is 1. The molecule has 0 N–H and O–H groups in total. The normalized spacial score (nSPS) is 17.4. The highest BCUT2D eigenvalue weighted by atomic mass is 16.5. The number of rotatable bonds is 3. The van der Waals surface area contributed by atoms with Gasteiger partial charge in [-0.25, -0.2) is 0 Å². The highest BCUT2D eigenvalue weighted by Crippen LogP contribution is 2.48. The van der Waals surface area contributed by atoms with Crippen LogP contribution in [0.1, 0.15) is 56.5 Å². The van der Waals surface area contributed by atoms with Crippen molar-refractivity contribution in [2.24, 2.45) is 5.41 Å². The lowest BCUT2D eigenvalue weighted by Crippen LogP contribution is -2.17. The van der Waals surface area contributed by atoms with Gasteiger partial charge in [-0.15, -0.1) is 0 Å². The first kappa shape index (κ1) is 13.1. The second-order valence-electron chi connectivity index (χ2n) is 6.55. The van der Waals surface area contributed by atoms with E-state index in [0.29, 0.717) is 0 Å². The smallest absolute Gasteiger partial charge is 0.168 e. The second kappa shape index (κ2) is 4.11. The van der Waals surface area contributed by atoms with Gasteiger partial charge in [0.05, 0.1) is 7.11 Å². The van der Waals surface area contributed by atoms with Crippen molar-refractivity contribution in [3.8, 4) is 5.75 Å². The summed E-state index contributed by atoms with van der Waals surface area (Å²) in [6, 6.07) is 5.81. The largest absolute Gasteiger partial charge is 0.496 e. The Balaban J connectivity index is 2.43. The molecule has 2 rings (SSSR count). The summed E-state index contributed by atoms with van der Waals surface area (Å²) in [6.45, 7) is 8.46. The van der Waals surface area contributed by atoms with Crippen molar-refractivity contribution in [1.82, 2.24) is 0 Å². The quantitative estimate of drug-likeness (QED) is 0.754. The molecule has 0 aromatic heterocycles. The summed E-state index contributed by atoms with van der Waals surface area (Å²) < 4.78 is 5.40. The van der Waals surface area contributed by atoms with E-state index < -0.39 is 0 Å². The Labute approximate surface area is 109 Å². The molecule has 0 saturated heterocycles. The van der Waals surface area contributed by atoms with Gasteiger partial charge >= 0.3 is 0 Å². The van der Waals surface area contributed by atoms with Crippen LogP contribution in [0.25, 0.3) is 0 Å². The maximum atomic E-state index is 12.4. The first-order valence-corrected chi connectivity index (χ1v) is 6.51. The van der Waals surface area contributed by atoms with Crippen LogP contribution in [-0.4, -0.2) is 12.9 Å². The van der Waals surface area contributed by atoms with E-state index in [1.807, 2.05) is 18.2 Å². The van der Waals surface area contributed by atoms with Gasteiger partial charge in [0, 0.05) is 16.5 Å². The van der Waals surface area contributed by atoms with Crippen molar-refractivity contribution in [2.75, 3.05) is 7.11 Å². The molecule has 0 aliphatic heterocycles. The molecular formula is C16H22O2. The van der Waals surface area contributed by atoms with Crippen LogP contribution < -0.4 is 4.74 Å². The van der Waals surface area contributed by atoms with Crippen LogP contribution in [0.15, 0.2) is 18.2 Å². The molecule has 0 spiro atoms. The average Bonchev–Trinajstić information content (AvgIpc) is 3.05. The first-order valence-electron chi connectivity index (χ1n) is 6.51. The summed E-state index contributed by atoms with van der Waals surface area (Å²) in [7, 11) is 1.67. The third-order valence-electron chi connectivity index (χ3n) is 3.82. The van der Waals surface area contributed by atoms with E-state index >= 15 is 0 Å². The van der Waals surface area contributed by atoms with Gasteiger partial charge in [-0.05, 0) is 36.5 Å². The molecule has 0 atom stereocenters. The van der Waals surface area contributed by atoms with Crippen molar-refractivity contribution in [3.05, 3.63) is 29.3 Å². The van der Waals surface area contributed by atoms with Crippen molar-refractivity contribution >= 4 is 5.78 Å². The van der Waals surface area contributed by atoms with E-state index in [9.17, 15) is 4.79 Å². The lowest BCUT2D eigenvalue weighted by molar-refractivity contribution is 0.0912. The predicted octanol–water partition coefficient (Wildman–Crippen LogP) is 3.98. The summed E-state index contributed by atoms with van der Waals surface area (Å²) in [5.41, 5.74) is 1.79. The molecule has 18 heavy (non-hydrogen) atoms. The molecule has 1 aliphatic rings. The molecule has 1 fully saturated rings. The number of ether oxygens (including phenoxy) is 1. The molecule has 2 nitrogen and oxygen atoms in total. The van der Waals surface area contributed by atoms with Gasteiger partial charge in [-0.1, -0.05) is 27.7 Å². The van der Waals surface area contributed by atoms with Gasteiger partial charge in [0.1, 0.15) is 5.75 Å². The highest BCUT2D eigenvalue weighted by Gasteiger charge is 2.45. The highest BCUT2D eigenvalue weighted by molar-refractivity contribution is 6.02. The Morgan fingerprint density at radius 3 is 2.33 bits per heavy atom. The molecule has 0 amide bonds. The number of Topliss-reactive ketones (excluding diaryl/α,β-unsaturated/α-hetero) is 1. The molecule has 0 heterocycles. The van der Waals surface area contributed by atoms with Crippen molar-refractivity contribution in [3.63, 3.8) is 0 Å². The lowest BCUT2D eigenvalue weighted by Gasteiger charge is -2.23. The van der Waals surface area contributed by atoms with E-state index in [0.717, 1.165) is 29.7 Å². The lowest BCUT2D eigenvalue weighted by atomic mass is 9.84. The van der Waals surface area contributed by atoms with Gasteiger partial charge in [0.2, 0.25) is 0 Å². The fourth-order valence-corrected chi connectivity index (χ4v) is 2.20. The molecule has 1 aromatic carbocycles. The van der Waals surface area contributed by atoms with E-state index in [-0.39, 0.29) is 16.6 Å². The van der Waals surface area contributed by atoms with Gasteiger partial charge in [0.15, 0.2) is 5.78 Å². The zero-order valence-corrected chi connectivity index (χ0v) is 12.0. The van der Waals surface area contributed by atoms with Gasteiger partial charge < -0.3 is 4.74 Å². The minimum atomic E-state index is -0.107. The minimum Gasteiger partial charge on any atom is -0.496 e. The number of carbonyl (C=O) groups excluding carboxylic acids is 1. The van der Waals surface area contributed by atoms with Crippen LogP contribution in [0.3, 0.4) is 0 Å². The minimum absolute atomic E-state index is 0.0217. The third kappa shape index (κ3) is 2.29. The molecule has 1 saturated carbocycles. The molecule has 98 valence electrons. The maximum absolute atomic E-state index is 12.4. The number of hydrogen-bond donors (Lipinski definition) is 0. The zero-order valence-electron chi connectivity index (χ0n) is 12.0. The Kier molecular flexibility index (Phi) is 3.00. The van der Waals surface area contributed by atoms with Crippen LogP contribution in [-0.2, 0) is 5.41 Å². The fourth-order valence-electron chi connectivity index (χ4n) is 2.20. The SMILES string of the molecule is COc1ccc(C(=O)C2(C)CC2)cc1C(C)(C)C. The summed E-state index contributed by atoms with van der Waals surface area (Å²) in [4.78, 5) is 12.4. The Morgan fingerprint density at radius 2 is 1.89 bits per heavy atom. The standard InChI is InChI=1S/C16H22O2/c1-15(2,3)12-10-11(6-7-13(12)18-5)14(17)16(4)8-9-16/h6-7,10H,8-9H2,1-5H3. The summed E-state index contributed by atoms with van der Waals surface area (Å²) in [5, 5.41) is 0. The van der Waals surface area contributed by atoms with E-state index in [4.69, 9.17) is 4.74 Å². The Morgan fingerprint density at radius 1 is 1.28 bits per heavy atom. The number of carbonyl (C=O) groups is 1. The number of methoxy groups -OCH3 is 1. The first-order chi connectivity index (χ1) is 8.28. The van der Waals surface area contributed by atoms with E-state index in [1.165, 1.54) is 0 Å². The molecule has 1 aromatic rings. The molecule has 0 radical (unpaired) electrons. The monoisotopic (exact) mass is 246 g/mol. The van der Waals surface area contributed by atoms with Gasteiger partial charge in [-0.2, -0.15) is 0 Å². The Bertz CT molecular complexity index is 476. The average molecular weight is 246 g/mol. The fraction of sp³-hybridized carbons (Fsp3) is 0.562. The maximum Gasteiger partial charge on any atom is 0.168 e. The second-order valence-corrected chi connectivity index (χ2v) is 6.55. The van der Waals surface area contributed by atoms with E-state index in [1.54, 1.807) is 7.11 Å². The molecule has 1 aliphatic carbocycles. The number of hydrogen-bond acceptors (Lipinski definition) is 2. The van der Waals surface area contributed by atoms with Crippen LogP contribution in [0.4, 0.5) is 0 Å². The van der Waals surface area contributed by atoms with Crippen molar-refractivity contribution < 1.29 is 9.53 Å². The van der Waals surface area contributed by atoms with Crippen molar-refractivity contribution in [2.45, 2.75) is 46.0 Å². The predicted molar refractivity (Wildman–Crippen MR) is 73.4 cm³/mol. The summed E-state index contributed by atoms with van der Waals surface area (Å²) in [5.74, 6) is 1.13. The molecule has 0 unspecified atom stereocenters. The zero-order chi connectivity index (χ0) is 13.6. The molecular weight excluding hydrogens is 224 g/mol. The van der Waals surface area contributed by atoms with Gasteiger partial charge in [0.25, 0.3) is 0 Å². The molecule has 2 heteroatoms. The topological polar surface area (TPSA) is 26.3 Å². The third-order valence-corrected chi connectivity index (χ3v) is 3.82. The summed E-state index contributed by atoms with van der Waals surface area (Å²) in [6.07, 6.45) is 2.03.